The largest absolute Gasteiger partial charge is 0.273 e. The topological polar surface area (TPSA) is 51.4 Å². The van der Waals surface area contributed by atoms with Gasteiger partial charge in [-0.15, -0.1) is 0 Å². The van der Waals surface area contributed by atoms with Crippen molar-refractivity contribution in [2.75, 3.05) is 0 Å². The van der Waals surface area contributed by atoms with Gasteiger partial charge in [-0.05, 0) is 30.6 Å². The number of hydrogen-bond donors (Lipinski definition) is 0. The molecule has 0 aliphatic rings. The van der Waals surface area contributed by atoms with Gasteiger partial charge in [0.15, 0.2) is 0 Å². The second-order valence-electron chi connectivity index (χ2n) is 4.32. The first kappa shape index (κ1) is 13.7. The average molecular weight is 276 g/mol. The van der Waals surface area contributed by atoms with Crippen molar-refractivity contribution in [1.29, 1.82) is 0 Å². The van der Waals surface area contributed by atoms with Crippen LogP contribution in [0.2, 0.25) is 0 Å². The van der Waals surface area contributed by atoms with E-state index in [1.165, 1.54) is 11.5 Å². The molecule has 1 amide bonds. The van der Waals surface area contributed by atoms with Crippen LogP contribution in [0.3, 0.4) is 0 Å². The Morgan fingerprint density at radius 3 is 2.63 bits per heavy atom. The molecule has 1 aromatic carbocycles. The van der Waals surface area contributed by atoms with Crippen LogP contribution in [0.15, 0.2) is 23.2 Å². The van der Waals surface area contributed by atoms with Crippen LogP contribution in [-0.2, 0) is 4.79 Å². The van der Waals surface area contributed by atoms with Crippen LogP contribution >= 0.6 is 11.5 Å². The maximum Gasteiger partial charge on any atom is 0.246 e. The molecule has 2 aromatic rings. The van der Waals surface area contributed by atoms with Crippen molar-refractivity contribution in [3.05, 3.63) is 28.4 Å². The van der Waals surface area contributed by atoms with E-state index >= 15 is 0 Å². The number of hydrogen-bond acceptors (Lipinski definition) is 3. The lowest BCUT2D eigenvalue weighted by Crippen LogP contribution is -2.05. The summed E-state index contributed by atoms with van der Waals surface area (Å²) in [6.07, 6.45) is 0.794. The summed E-state index contributed by atoms with van der Waals surface area (Å²) >= 11 is 1.24. The lowest BCUT2D eigenvalue weighted by atomic mass is 10.2. The summed E-state index contributed by atoms with van der Waals surface area (Å²) < 4.78 is 2.24. The van der Waals surface area contributed by atoms with Gasteiger partial charge in [-0.25, -0.2) is 8.95 Å². The quantitative estimate of drug-likeness (QED) is 0.847. The predicted molar refractivity (Wildman–Crippen MR) is 76.3 cm³/mol. The van der Waals surface area contributed by atoms with E-state index in [-0.39, 0.29) is 11.8 Å². The van der Waals surface area contributed by atoms with E-state index in [0.717, 1.165) is 16.5 Å². The van der Waals surface area contributed by atoms with E-state index < -0.39 is 0 Å². The summed E-state index contributed by atoms with van der Waals surface area (Å²) in [5, 5.41) is 0.869. The molecule has 0 aliphatic carbocycles. The molecule has 100 valence electrons. The van der Waals surface area contributed by atoms with Crippen LogP contribution in [0.1, 0.15) is 37.0 Å². The molecule has 0 spiro atoms. The molecule has 1 heterocycles. The summed E-state index contributed by atoms with van der Waals surface area (Å²) in [6, 6.07) is 5.83. The highest BCUT2D eigenvalue weighted by molar-refractivity contribution is 7.06. The molecule has 0 aliphatic heterocycles. The lowest BCUT2D eigenvalue weighted by Gasteiger charge is -1.99. The van der Waals surface area contributed by atoms with Gasteiger partial charge in [-0.2, -0.15) is 0 Å². The molecule has 19 heavy (non-hydrogen) atoms. The maximum atomic E-state index is 11.9. The number of benzene rings is 1. The Labute approximate surface area is 115 Å². The minimum Gasteiger partial charge on any atom is -0.273 e. The SMILES string of the molecule is CCC(=O)N=c1sn(C(=O)CC)c2ccc(C)cc12. The Hall–Kier alpha value is -1.75. The van der Waals surface area contributed by atoms with Crippen LogP contribution in [0.25, 0.3) is 10.9 Å². The highest BCUT2D eigenvalue weighted by atomic mass is 32.1. The molecule has 0 saturated carbocycles. The number of aryl methyl sites for hydroxylation is 1. The van der Waals surface area contributed by atoms with Gasteiger partial charge in [0.25, 0.3) is 0 Å². The van der Waals surface area contributed by atoms with Crippen LogP contribution in [0.5, 0.6) is 0 Å². The van der Waals surface area contributed by atoms with Crippen molar-refractivity contribution in [3.63, 3.8) is 0 Å². The number of carbonyl (C=O) groups is 2. The second-order valence-corrected chi connectivity index (χ2v) is 5.25. The number of carbonyl (C=O) groups excluding carboxylic acids is 2. The van der Waals surface area contributed by atoms with Crippen molar-refractivity contribution in [3.8, 4) is 0 Å². The van der Waals surface area contributed by atoms with Gasteiger partial charge < -0.3 is 0 Å². The third-order valence-corrected chi connectivity index (χ3v) is 3.90. The summed E-state index contributed by atoms with van der Waals surface area (Å²) in [4.78, 5) is 27.5. The number of aromatic nitrogens is 1. The monoisotopic (exact) mass is 276 g/mol. The second kappa shape index (κ2) is 5.48. The zero-order chi connectivity index (χ0) is 14.0. The van der Waals surface area contributed by atoms with Gasteiger partial charge >= 0.3 is 0 Å². The first-order chi connectivity index (χ1) is 9.06. The maximum absolute atomic E-state index is 11.9. The fourth-order valence-corrected chi connectivity index (χ4v) is 2.85. The Balaban J connectivity index is 2.77. The predicted octanol–water partition coefficient (Wildman–Crippen LogP) is 2.90. The third kappa shape index (κ3) is 2.66. The molecule has 0 bridgehead atoms. The van der Waals surface area contributed by atoms with Crippen LogP contribution < -0.4 is 4.67 Å². The molecule has 1 aromatic heterocycles. The van der Waals surface area contributed by atoms with Crippen molar-refractivity contribution in [1.82, 2.24) is 3.96 Å². The minimum atomic E-state index is -0.166. The number of amides is 1. The van der Waals surface area contributed by atoms with E-state index in [0.29, 0.717) is 17.5 Å². The molecule has 0 fully saturated rings. The molecular formula is C14H16N2O2S. The van der Waals surface area contributed by atoms with Crippen LogP contribution in [0, 0.1) is 6.92 Å². The summed E-state index contributed by atoms with van der Waals surface area (Å²) in [5.41, 5.74) is 1.91. The molecule has 0 radical (unpaired) electrons. The standard InChI is InChI=1S/C14H16N2O2S/c1-4-12(17)15-14-10-8-9(3)6-7-11(10)16(19-14)13(18)5-2/h6-8H,4-5H2,1-3H3. The smallest absolute Gasteiger partial charge is 0.246 e. The fourth-order valence-electron chi connectivity index (χ4n) is 1.78. The minimum absolute atomic E-state index is 0.0178. The molecule has 0 atom stereocenters. The van der Waals surface area contributed by atoms with Gasteiger partial charge in [0, 0.05) is 18.2 Å². The van der Waals surface area contributed by atoms with Crippen molar-refractivity contribution in [2.24, 2.45) is 4.99 Å². The van der Waals surface area contributed by atoms with Gasteiger partial charge in [0.1, 0.15) is 4.67 Å². The van der Waals surface area contributed by atoms with E-state index in [4.69, 9.17) is 0 Å². The van der Waals surface area contributed by atoms with Gasteiger partial charge in [-0.3, -0.25) is 9.59 Å². The van der Waals surface area contributed by atoms with Gasteiger partial charge in [0.2, 0.25) is 11.8 Å². The molecule has 0 saturated heterocycles. The van der Waals surface area contributed by atoms with Crippen LogP contribution in [0.4, 0.5) is 0 Å². The first-order valence-electron chi connectivity index (χ1n) is 6.30. The Kier molecular flexibility index (Phi) is 3.95. The zero-order valence-electron chi connectivity index (χ0n) is 11.3. The summed E-state index contributed by atoms with van der Waals surface area (Å²) in [5.74, 6) is -0.148. The van der Waals surface area contributed by atoms with Crippen molar-refractivity contribution < 1.29 is 9.59 Å². The average Bonchev–Trinajstić information content (AvgIpc) is 2.76. The molecule has 5 heteroatoms. The molecule has 0 N–H and O–H groups in total. The number of nitrogens with zero attached hydrogens (tertiary/aromatic N) is 2. The number of rotatable bonds is 2. The van der Waals surface area contributed by atoms with Crippen LogP contribution in [-0.4, -0.2) is 15.8 Å². The van der Waals surface area contributed by atoms with Crippen molar-refractivity contribution in [2.45, 2.75) is 33.6 Å². The molecule has 2 rings (SSSR count). The van der Waals surface area contributed by atoms with E-state index in [9.17, 15) is 9.59 Å². The Morgan fingerprint density at radius 2 is 2.00 bits per heavy atom. The van der Waals surface area contributed by atoms with Gasteiger partial charge in [-0.1, -0.05) is 25.5 Å². The summed E-state index contributed by atoms with van der Waals surface area (Å²) in [6.45, 7) is 5.58. The first-order valence-corrected chi connectivity index (χ1v) is 7.07. The third-order valence-electron chi connectivity index (χ3n) is 2.84. The zero-order valence-corrected chi connectivity index (χ0v) is 12.1. The highest BCUT2D eigenvalue weighted by Gasteiger charge is 2.11. The highest BCUT2D eigenvalue weighted by Crippen LogP contribution is 2.17. The lowest BCUT2D eigenvalue weighted by molar-refractivity contribution is -0.117. The Bertz CT molecular complexity index is 710. The fraction of sp³-hybridized carbons (Fsp3) is 0.357. The normalized spacial score (nSPS) is 12.1. The van der Waals surface area contributed by atoms with E-state index in [1.807, 2.05) is 32.0 Å². The van der Waals surface area contributed by atoms with Crippen molar-refractivity contribution >= 4 is 34.2 Å². The number of fused-ring (bicyclic) bond motifs is 1. The van der Waals surface area contributed by atoms with E-state index in [1.54, 1.807) is 10.9 Å². The summed E-state index contributed by atoms with van der Waals surface area (Å²) in [7, 11) is 0. The molecule has 0 unspecified atom stereocenters. The van der Waals surface area contributed by atoms with E-state index in [2.05, 4.69) is 4.99 Å². The molecule has 4 nitrogen and oxygen atoms in total. The van der Waals surface area contributed by atoms with Gasteiger partial charge in [0.05, 0.1) is 5.52 Å². The molecular weight excluding hydrogens is 260 g/mol. The Morgan fingerprint density at radius 1 is 1.26 bits per heavy atom.